The minimum atomic E-state index is -0.722. The standard InChI is InChI=1S/C14H9ClN2O5/c1-22-14(19)9-3-2-6-16-12(9)13(18)8-4-5-10(15)11(7-8)17(20)21/h2-7H,1H3. The zero-order valence-corrected chi connectivity index (χ0v) is 12.0. The number of nitro groups is 1. The Morgan fingerprint density at radius 3 is 2.68 bits per heavy atom. The topological polar surface area (TPSA) is 99.4 Å². The van der Waals surface area contributed by atoms with E-state index in [0.717, 1.165) is 6.07 Å². The van der Waals surface area contributed by atoms with Crippen molar-refractivity contribution in [2.24, 2.45) is 0 Å². The van der Waals surface area contributed by atoms with Crippen LogP contribution in [0.15, 0.2) is 36.5 Å². The number of rotatable bonds is 4. The van der Waals surface area contributed by atoms with E-state index in [4.69, 9.17) is 11.6 Å². The zero-order chi connectivity index (χ0) is 16.3. The van der Waals surface area contributed by atoms with E-state index in [9.17, 15) is 19.7 Å². The van der Waals surface area contributed by atoms with E-state index in [0.29, 0.717) is 0 Å². The fraction of sp³-hybridized carbons (Fsp3) is 0.0714. The molecule has 0 saturated carbocycles. The number of esters is 1. The summed E-state index contributed by atoms with van der Waals surface area (Å²) in [7, 11) is 1.18. The van der Waals surface area contributed by atoms with Crippen LogP contribution in [-0.4, -0.2) is 28.8 Å². The van der Waals surface area contributed by atoms with Crippen molar-refractivity contribution in [2.75, 3.05) is 7.11 Å². The van der Waals surface area contributed by atoms with Crippen LogP contribution >= 0.6 is 11.6 Å². The predicted octanol–water partition coefficient (Wildman–Crippen LogP) is 2.66. The maximum atomic E-state index is 12.4. The molecule has 0 N–H and O–H groups in total. The fourth-order valence-corrected chi connectivity index (χ4v) is 1.98. The number of hydrogen-bond donors (Lipinski definition) is 0. The summed E-state index contributed by atoms with van der Waals surface area (Å²) < 4.78 is 4.58. The number of ether oxygens (including phenoxy) is 1. The van der Waals surface area contributed by atoms with Crippen LogP contribution in [0.3, 0.4) is 0 Å². The van der Waals surface area contributed by atoms with Gasteiger partial charge in [0.15, 0.2) is 0 Å². The highest BCUT2D eigenvalue weighted by molar-refractivity contribution is 6.32. The molecule has 0 spiro atoms. The SMILES string of the molecule is COC(=O)c1cccnc1C(=O)c1ccc(Cl)c([N+](=O)[O-])c1. The summed E-state index contributed by atoms with van der Waals surface area (Å²) in [5, 5.41) is 10.8. The summed E-state index contributed by atoms with van der Waals surface area (Å²) >= 11 is 5.70. The van der Waals surface area contributed by atoms with Gasteiger partial charge in [0.05, 0.1) is 17.6 Å². The van der Waals surface area contributed by atoms with Crippen molar-refractivity contribution >= 4 is 29.0 Å². The first-order valence-corrected chi connectivity index (χ1v) is 6.35. The van der Waals surface area contributed by atoms with Crippen molar-refractivity contribution in [3.8, 4) is 0 Å². The molecule has 0 amide bonds. The van der Waals surface area contributed by atoms with E-state index in [1.165, 1.54) is 37.6 Å². The predicted molar refractivity (Wildman–Crippen MR) is 77.1 cm³/mol. The summed E-state index contributed by atoms with van der Waals surface area (Å²) in [6.45, 7) is 0. The molecule has 8 heteroatoms. The summed E-state index contributed by atoms with van der Waals surface area (Å²) in [4.78, 5) is 38.1. The first-order chi connectivity index (χ1) is 10.5. The molecule has 0 aliphatic carbocycles. The highest BCUT2D eigenvalue weighted by Crippen LogP contribution is 2.26. The summed E-state index contributed by atoms with van der Waals surface area (Å²) in [5.74, 6) is -1.36. The molecule has 0 atom stereocenters. The largest absolute Gasteiger partial charge is 0.465 e. The molecule has 1 heterocycles. The van der Waals surface area contributed by atoms with Crippen molar-refractivity contribution in [1.82, 2.24) is 4.98 Å². The van der Waals surface area contributed by atoms with Gasteiger partial charge in [0.1, 0.15) is 10.7 Å². The van der Waals surface area contributed by atoms with Crippen LogP contribution in [0.4, 0.5) is 5.69 Å². The average molecular weight is 321 g/mol. The maximum absolute atomic E-state index is 12.4. The molecule has 112 valence electrons. The number of carbonyl (C=O) groups excluding carboxylic acids is 2. The van der Waals surface area contributed by atoms with Gasteiger partial charge in [-0.1, -0.05) is 11.6 Å². The molecule has 0 unspecified atom stereocenters. The molecule has 0 bridgehead atoms. The molecule has 0 radical (unpaired) electrons. The minimum Gasteiger partial charge on any atom is -0.465 e. The van der Waals surface area contributed by atoms with Gasteiger partial charge in [-0.3, -0.25) is 19.9 Å². The molecule has 1 aromatic heterocycles. The molecule has 7 nitrogen and oxygen atoms in total. The lowest BCUT2D eigenvalue weighted by Crippen LogP contribution is -2.13. The molecule has 0 saturated heterocycles. The van der Waals surface area contributed by atoms with Gasteiger partial charge in [-0.2, -0.15) is 0 Å². The highest BCUT2D eigenvalue weighted by atomic mass is 35.5. The summed E-state index contributed by atoms with van der Waals surface area (Å²) in [5.41, 5.74) is -0.568. The first kappa shape index (κ1) is 15.6. The molecule has 2 aromatic rings. The van der Waals surface area contributed by atoms with Crippen molar-refractivity contribution in [3.05, 3.63) is 68.5 Å². The van der Waals surface area contributed by atoms with Crippen molar-refractivity contribution in [1.29, 1.82) is 0 Å². The molecular weight excluding hydrogens is 312 g/mol. The normalized spacial score (nSPS) is 10.1. The Kier molecular flexibility index (Phi) is 4.47. The Hall–Kier alpha value is -2.80. The lowest BCUT2D eigenvalue weighted by Gasteiger charge is -2.06. The number of nitro benzene ring substituents is 1. The molecule has 0 aliphatic rings. The second-order valence-electron chi connectivity index (χ2n) is 4.14. The average Bonchev–Trinajstić information content (AvgIpc) is 2.53. The van der Waals surface area contributed by atoms with E-state index >= 15 is 0 Å². The van der Waals surface area contributed by atoms with Gasteiger partial charge in [0.2, 0.25) is 5.78 Å². The van der Waals surface area contributed by atoms with Gasteiger partial charge in [0, 0.05) is 17.8 Å². The lowest BCUT2D eigenvalue weighted by atomic mass is 10.0. The quantitative estimate of drug-likeness (QED) is 0.371. The third-order valence-electron chi connectivity index (χ3n) is 2.83. The van der Waals surface area contributed by atoms with Gasteiger partial charge in [0.25, 0.3) is 5.69 Å². The number of carbonyl (C=O) groups is 2. The van der Waals surface area contributed by atoms with Gasteiger partial charge in [-0.25, -0.2) is 4.79 Å². The van der Waals surface area contributed by atoms with E-state index in [1.54, 1.807) is 0 Å². The number of hydrogen-bond acceptors (Lipinski definition) is 6. The molecule has 1 aromatic carbocycles. The first-order valence-electron chi connectivity index (χ1n) is 5.97. The van der Waals surface area contributed by atoms with Crippen LogP contribution in [0.1, 0.15) is 26.4 Å². The van der Waals surface area contributed by atoms with Crippen molar-refractivity contribution in [3.63, 3.8) is 0 Å². The number of ketones is 1. The number of benzene rings is 1. The smallest absolute Gasteiger partial charge is 0.340 e. The number of pyridine rings is 1. The van der Waals surface area contributed by atoms with E-state index < -0.39 is 22.4 Å². The Labute approximate surface area is 129 Å². The zero-order valence-electron chi connectivity index (χ0n) is 11.3. The van der Waals surface area contributed by atoms with Crippen LogP contribution in [0, 0.1) is 10.1 Å². The number of halogens is 1. The van der Waals surface area contributed by atoms with Crippen LogP contribution in [0.5, 0.6) is 0 Å². The molecule has 0 fully saturated rings. The van der Waals surface area contributed by atoms with Gasteiger partial charge >= 0.3 is 5.97 Å². The molecule has 2 rings (SSSR count). The third kappa shape index (κ3) is 2.94. The fourth-order valence-electron chi connectivity index (χ4n) is 1.79. The number of aromatic nitrogens is 1. The number of methoxy groups -OCH3 is 1. The Morgan fingerprint density at radius 2 is 2.05 bits per heavy atom. The summed E-state index contributed by atoms with van der Waals surface area (Å²) in [6.07, 6.45) is 1.34. The van der Waals surface area contributed by atoms with Crippen LogP contribution in [-0.2, 0) is 4.74 Å². The Morgan fingerprint density at radius 1 is 1.32 bits per heavy atom. The highest BCUT2D eigenvalue weighted by Gasteiger charge is 2.22. The molecular formula is C14H9ClN2O5. The van der Waals surface area contributed by atoms with E-state index in [2.05, 4.69) is 9.72 Å². The Bertz CT molecular complexity index is 776. The minimum absolute atomic E-state index is 0.0000435. The second-order valence-corrected chi connectivity index (χ2v) is 4.55. The van der Waals surface area contributed by atoms with E-state index in [-0.39, 0.29) is 21.8 Å². The summed E-state index contributed by atoms with van der Waals surface area (Å²) in [6, 6.07) is 6.48. The van der Waals surface area contributed by atoms with Crippen LogP contribution in [0.25, 0.3) is 0 Å². The second kappa shape index (κ2) is 6.31. The van der Waals surface area contributed by atoms with Crippen LogP contribution < -0.4 is 0 Å². The monoisotopic (exact) mass is 320 g/mol. The lowest BCUT2D eigenvalue weighted by molar-refractivity contribution is -0.384. The maximum Gasteiger partial charge on any atom is 0.340 e. The molecule has 22 heavy (non-hydrogen) atoms. The van der Waals surface area contributed by atoms with E-state index in [1.807, 2.05) is 0 Å². The van der Waals surface area contributed by atoms with Gasteiger partial charge < -0.3 is 4.74 Å². The third-order valence-corrected chi connectivity index (χ3v) is 3.15. The van der Waals surface area contributed by atoms with Gasteiger partial charge in [-0.15, -0.1) is 0 Å². The Balaban J connectivity index is 2.52. The van der Waals surface area contributed by atoms with Gasteiger partial charge in [-0.05, 0) is 24.3 Å². The number of nitrogens with zero attached hydrogens (tertiary/aromatic N) is 2. The van der Waals surface area contributed by atoms with Crippen LogP contribution in [0.2, 0.25) is 5.02 Å². The van der Waals surface area contributed by atoms with Crippen molar-refractivity contribution in [2.45, 2.75) is 0 Å². The van der Waals surface area contributed by atoms with Crippen molar-refractivity contribution < 1.29 is 19.2 Å². The molecule has 0 aliphatic heterocycles.